The zero-order valence-corrected chi connectivity index (χ0v) is 16.3. The first-order valence-electron chi connectivity index (χ1n) is 8.65. The smallest absolute Gasteiger partial charge is 0.316 e. The summed E-state index contributed by atoms with van der Waals surface area (Å²) in [6.45, 7) is 4.39. The number of aromatic nitrogens is 2. The number of carbonyl (C=O) groups is 2. The molecule has 1 aromatic carbocycles. The molecule has 0 spiro atoms. The Hall–Kier alpha value is -3.20. The van der Waals surface area contributed by atoms with E-state index < -0.39 is 5.91 Å². The molecule has 9 heteroatoms. The summed E-state index contributed by atoms with van der Waals surface area (Å²) >= 11 is 1.45. The van der Waals surface area contributed by atoms with Gasteiger partial charge < -0.3 is 19.9 Å². The highest BCUT2D eigenvalue weighted by Crippen LogP contribution is 2.21. The number of ether oxygens (including phenoxy) is 1. The fourth-order valence-electron chi connectivity index (χ4n) is 2.28. The summed E-state index contributed by atoms with van der Waals surface area (Å²) in [6.07, 6.45) is 0. The van der Waals surface area contributed by atoms with Gasteiger partial charge in [-0.3, -0.25) is 9.59 Å². The minimum atomic E-state index is -0.490. The number of nitrogens with one attached hydrogen (secondary N) is 2. The largest absolute Gasteiger partial charge is 0.484 e. The van der Waals surface area contributed by atoms with Crippen molar-refractivity contribution in [3.05, 3.63) is 52.7 Å². The second kappa shape index (κ2) is 9.14. The van der Waals surface area contributed by atoms with Crippen LogP contribution < -0.4 is 15.4 Å². The van der Waals surface area contributed by atoms with Crippen molar-refractivity contribution >= 4 is 23.2 Å². The highest BCUT2D eigenvalue weighted by Gasteiger charge is 2.16. The maximum absolute atomic E-state index is 12.0. The second-order valence-electron chi connectivity index (χ2n) is 6.04. The van der Waals surface area contributed by atoms with Gasteiger partial charge in [0.1, 0.15) is 5.75 Å². The molecule has 0 saturated heterocycles. The van der Waals surface area contributed by atoms with E-state index in [-0.39, 0.29) is 31.5 Å². The van der Waals surface area contributed by atoms with Crippen LogP contribution in [0.2, 0.25) is 0 Å². The van der Waals surface area contributed by atoms with Gasteiger partial charge in [-0.2, -0.15) is 4.98 Å². The molecule has 0 fully saturated rings. The van der Waals surface area contributed by atoms with Gasteiger partial charge >= 0.3 is 11.8 Å². The van der Waals surface area contributed by atoms with Crippen LogP contribution in [0.3, 0.4) is 0 Å². The van der Waals surface area contributed by atoms with E-state index in [1.54, 1.807) is 0 Å². The number of hydrogen-bond donors (Lipinski definition) is 2. The molecule has 146 valence electrons. The minimum absolute atomic E-state index is 0.0930. The molecule has 0 bridgehead atoms. The first kappa shape index (κ1) is 19.6. The number of carbonyl (C=O) groups excluding carboxylic acids is 2. The molecule has 0 radical (unpaired) electrons. The summed E-state index contributed by atoms with van der Waals surface area (Å²) in [5.74, 6) is 0.135. The number of nitrogens with zero attached hydrogens (tertiary/aromatic N) is 2. The van der Waals surface area contributed by atoms with Crippen LogP contribution in [0, 0.1) is 13.8 Å². The van der Waals surface area contributed by atoms with E-state index >= 15 is 0 Å². The Labute approximate surface area is 165 Å². The van der Waals surface area contributed by atoms with Gasteiger partial charge in [0.25, 0.3) is 5.91 Å². The van der Waals surface area contributed by atoms with Gasteiger partial charge in [-0.05, 0) is 48.6 Å². The Bertz CT molecular complexity index is 953. The highest BCUT2D eigenvalue weighted by atomic mass is 32.1. The van der Waals surface area contributed by atoms with E-state index in [0.29, 0.717) is 11.6 Å². The van der Waals surface area contributed by atoms with Gasteiger partial charge in [0, 0.05) is 13.1 Å². The van der Waals surface area contributed by atoms with Crippen LogP contribution in [0.5, 0.6) is 5.75 Å². The Balaban J connectivity index is 1.36. The van der Waals surface area contributed by atoms with Crippen molar-refractivity contribution in [3.63, 3.8) is 0 Å². The van der Waals surface area contributed by atoms with Crippen molar-refractivity contribution in [1.29, 1.82) is 0 Å². The number of hydrogen-bond acceptors (Lipinski definition) is 7. The van der Waals surface area contributed by atoms with Crippen LogP contribution in [-0.4, -0.2) is 41.7 Å². The predicted octanol–water partition coefficient (Wildman–Crippen LogP) is 2.34. The average Bonchev–Trinajstić information content (AvgIpc) is 3.37. The summed E-state index contributed by atoms with van der Waals surface area (Å²) in [5, 5.41) is 10.9. The molecule has 28 heavy (non-hydrogen) atoms. The predicted molar refractivity (Wildman–Crippen MR) is 104 cm³/mol. The van der Waals surface area contributed by atoms with Gasteiger partial charge in [-0.1, -0.05) is 17.3 Å². The molecule has 3 aromatic rings. The van der Waals surface area contributed by atoms with E-state index in [9.17, 15) is 9.59 Å². The fraction of sp³-hybridized carbons (Fsp3) is 0.263. The topological polar surface area (TPSA) is 106 Å². The molecular weight excluding hydrogens is 380 g/mol. The summed E-state index contributed by atoms with van der Waals surface area (Å²) < 4.78 is 10.4. The third-order valence-electron chi connectivity index (χ3n) is 3.94. The zero-order chi connectivity index (χ0) is 19.9. The third-order valence-corrected chi connectivity index (χ3v) is 4.81. The van der Waals surface area contributed by atoms with Crippen molar-refractivity contribution in [2.75, 3.05) is 19.7 Å². The number of thiophene rings is 1. The molecule has 0 saturated carbocycles. The molecule has 2 aromatic heterocycles. The standard InChI is InChI=1S/C19H20N4O4S/c1-12-5-6-14(10-13(12)2)26-11-16(24)20-7-8-21-18(25)19-22-17(23-27-19)15-4-3-9-28-15/h3-6,9-10H,7-8,11H2,1-2H3,(H,20,24)(H,21,25). The van der Waals surface area contributed by atoms with Crippen LogP contribution in [-0.2, 0) is 4.79 Å². The Morgan fingerprint density at radius 1 is 1.14 bits per heavy atom. The summed E-state index contributed by atoms with van der Waals surface area (Å²) in [4.78, 5) is 28.7. The fourth-order valence-corrected chi connectivity index (χ4v) is 2.93. The van der Waals surface area contributed by atoms with Gasteiger partial charge in [0.15, 0.2) is 6.61 Å². The monoisotopic (exact) mass is 400 g/mol. The molecule has 2 N–H and O–H groups in total. The molecule has 0 unspecified atom stereocenters. The molecule has 0 aliphatic heterocycles. The van der Waals surface area contributed by atoms with E-state index in [2.05, 4.69) is 20.8 Å². The third kappa shape index (κ3) is 5.17. The van der Waals surface area contributed by atoms with Gasteiger partial charge in [-0.25, -0.2) is 0 Å². The van der Waals surface area contributed by atoms with Crippen molar-refractivity contribution in [1.82, 2.24) is 20.8 Å². The lowest BCUT2D eigenvalue weighted by Crippen LogP contribution is -2.36. The Morgan fingerprint density at radius 2 is 1.96 bits per heavy atom. The maximum atomic E-state index is 12.0. The quantitative estimate of drug-likeness (QED) is 0.562. The lowest BCUT2D eigenvalue weighted by atomic mass is 10.1. The van der Waals surface area contributed by atoms with Crippen LogP contribution in [0.15, 0.2) is 40.2 Å². The zero-order valence-electron chi connectivity index (χ0n) is 15.5. The SMILES string of the molecule is Cc1ccc(OCC(=O)NCCNC(=O)c2nc(-c3cccs3)no2)cc1C. The number of aryl methyl sites for hydroxylation is 2. The second-order valence-corrected chi connectivity index (χ2v) is 6.99. The van der Waals surface area contributed by atoms with E-state index in [0.717, 1.165) is 16.0 Å². The van der Waals surface area contributed by atoms with Crippen molar-refractivity contribution in [2.24, 2.45) is 0 Å². The van der Waals surface area contributed by atoms with Gasteiger partial charge in [0.2, 0.25) is 5.82 Å². The van der Waals surface area contributed by atoms with Crippen LogP contribution in [0.1, 0.15) is 21.8 Å². The Kier molecular flexibility index (Phi) is 6.38. The van der Waals surface area contributed by atoms with Crippen LogP contribution in [0.4, 0.5) is 0 Å². The molecule has 2 heterocycles. The number of benzene rings is 1. The molecule has 0 aliphatic carbocycles. The lowest BCUT2D eigenvalue weighted by Gasteiger charge is -2.09. The molecular formula is C19H20N4O4S. The van der Waals surface area contributed by atoms with Crippen molar-refractivity contribution < 1.29 is 18.8 Å². The normalized spacial score (nSPS) is 10.5. The van der Waals surface area contributed by atoms with Gasteiger partial charge in [0.05, 0.1) is 4.88 Å². The highest BCUT2D eigenvalue weighted by molar-refractivity contribution is 7.13. The van der Waals surface area contributed by atoms with Crippen LogP contribution in [0.25, 0.3) is 10.7 Å². The Morgan fingerprint density at radius 3 is 2.71 bits per heavy atom. The number of amides is 2. The molecule has 8 nitrogen and oxygen atoms in total. The average molecular weight is 400 g/mol. The molecule has 0 aliphatic rings. The summed E-state index contributed by atoms with van der Waals surface area (Å²) in [5.41, 5.74) is 2.26. The summed E-state index contributed by atoms with van der Waals surface area (Å²) in [7, 11) is 0. The van der Waals surface area contributed by atoms with Gasteiger partial charge in [-0.15, -0.1) is 11.3 Å². The summed E-state index contributed by atoms with van der Waals surface area (Å²) in [6, 6.07) is 9.36. The van der Waals surface area contributed by atoms with Crippen molar-refractivity contribution in [3.8, 4) is 16.5 Å². The maximum Gasteiger partial charge on any atom is 0.316 e. The van der Waals surface area contributed by atoms with Crippen LogP contribution >= 0.6 is 11.3 Å². The molecule has 2 amide bonds. The van der Waals surface area contributed by atoms with Crippen molar-refractivity contribution in [2.45, 2.75) is 13.8 Å². The number of rotatable bonds is 8. The van der Waals surface area contributed by atoms with E-state index in [1.807, 2.05) is 49.6 Å². The molecule has 0 atom stereocenters. The first-order chi connectivity index (χ1) is 13.5. The lowest BCUT2D eigenvalue weighted by molar-refractivity contribution is -0.123. The van der Waals surface area contributed by atoms with E-state index in [1.165, 1.54) is 11.3 Å². The minimum Gasteiger partial charge on any atom is -0.484 e. The first-order valence-corrected chi connectivity index (χ1v) is 9.53. The molecule has 3 rings (SSSR count). The van der Waals surface area contributed by atoms with E-state index in [4.69, 9.17) is 9.26 Å².